The van der Waals surface area contributed by atoms with E-state index in [4.69, 9.17) is 9.84 Å². The molecule has 1 aromatic rings. The van der Waals surface area contributed by atoms with Gasteiger partial charge in [-0.15, -0.1) is 0 Å². The molecule has 1 aliphatic rings. The second-order valence-electron chi connectivity index (χ2n) is 4.89. The Morgan fingerprint density at radius 1 is 1.50 bits per heavy atom. The Labute approximate surface area is 125 Å². The number of ether oxygens (including phenoxy) is 1. The zero-order valence-corrected chi connectivity index (χ0v) is 12.7. The molecule has 0 spiro atoms. The molecule has 0 saturated carbocycles. The third-order valence-corrected chi connectivity index (χ3v) is 3.95. The fourth-order valence-electron chi connectivity index (χ4n) is 2.14. The average Bonchev–Trinajstić information content (AvgIpc) is 2.87. The van der Waals surface area contributed by atoms with Gasteiger partial charge in [-0.2, -0.15) is 0 Å². The topological polar surface area (TPSA) is 66.8 Å². The van der Waals surface area contributed by atoms with Crippen LogP contribution in [0.3, 0.4) is 0 Å². The summed E-state index contributed by atoms with van der Waals surface area (Å²) >= 11 is 3.38. The number of carbonyl (C=O) groups excluding carboxylic acids is 1. The van der Waals surface area contributed by atoms with Crippen molar-refractivity contribution >= 4 is 27.8 Å². The first kappa shape index (κ1) is 14.8. The largest absolute Gasteiger partial charge is 0.483 e. The van der Waals surface area contributed by atoms with E-state index in [-0.39, 0.29) is 19.1 Å². The molecule has 1 heterocycles. The number of rotatable bonds is 4. The first-order valence-corrected chi connectivity index (χ1v) is 7.16. The minimum atomic E-state index is -0.845. The lowest BCUT2D eigenvalue weighted by atomic mass is 10.1. The van der Waals surface area contributed by atoms with Crippen LogP contribution < -0.4 is 4.74 Å². The number of aryl methyl sites for hydroxylation is 1. The molecule has 1 aliphatic heterocycles. The zero-order valence-electron chi connectivity index (χ0n) is 11.1. The van der Waals surface area contributed by atoms with Gasteiger partial charge in [-0.1, -0.05) is 6.07 Å². The van der Waals surface area contributed by atoms with E-state index >= 15 is 0 Å². The standard InChI is InChI=1S/C14H16BrNO4/c1-9-2-3-12(11(15)6-9)20-8-13(17)16-5-4-10(7-16)14(18)19/h2-3,6,10H,4-5,7-8H2,1H3,(H,18,19). The van der Waals surface area contributed by atoms with Gasteiger partial charge < -0.3 is 14.7 Å². The van der Waals surface area contributed by atoms with Crippen LogP contribution in [0.25, 0.3) is 0 Å². The van der Waals surface area contributed by atoms with Crippen LogP contribution >= 0.6 is 15.9 Å². The number of carbonyl (C=O) groups is 2. The molecule has 0 aliphatic carbocycles. The third kappa shape index (κ3) is 3.50. The van der Waals surface area contributed by atoms with E-state index in [2.05, 4.69) is 15.9 Å². The highest BCUT2D eigenvalue weighted by molar-refractivity contribution is 9.10. The molecule has 1 amide bonds. The molecule has 1 atom stereocenters. The number of likely N-dealkylation sites (tertiary alicyclic amines) is 1. The number of halogens is 1. The summed E-state index contributed by atoms with van der Waals surface area (Å²) in [7, 11) is 0. The van der Waals surface area contributed by atoms with E-state index in [0.717, 1.165) is 10.0 Å². The van der Waals surface area contributed by atoms with Crippen molar-refractivity contribution in [2.75, 3.05) is 19.7 Å². The quantitative estimate of drug-likeness (QED) is 0.910. The molecule has 1 unspecified atom stereocenters. The van der Waals surface area contributed by atoms with E-state index in [1.54, 1.807) is 11.0 Å². The summed E-state index contributed by atoms with van der Waals surface area (Å²) in [5.41, 5.74) is 1.10. The smallest absolute Gasteiger partial charge is 0.308 e. The average molecular weight is 342 g/mol. The lowest BCUT2D eigenvalue weighted by Gasteiger charge is -2.16. The summed E-state index contributed by atoms with van der Waals surface area (Å²) in [6.45, 7) is 2.64. The summed E-state index contributed by atoms with van der Waals surface area (Å²) in [6.07, 6.45) is 0.509. The summed E-state index contributed by atoms with van der Waals surface area (Å²) in [6, 6.07) is 5.62. The van der Waals surface area contributed by atoms with E-state index in [1.165, 1.54) is 0 Å². The summed E-state index contributed by atoms with van der Waals surface area (Å²) in [5, 5.41) is 8.91. The predicted octanol–water partition coefficient (Wildman–Crippen LogP) is 2.07. The van der Waals surface area contributed by atoms with Crippen molar-refractivity contribution in [1.29, 1.82) is 0 Å². The molecule has 0 bridgehead atoms. The number of carboxylic acids is 1. The molecule has 2 rings (SSSR count). The van der Waals surface area contributed by atoms with Gasteiger partial charge in [0.2, 0.25) is 0 Å². The van der Waals surface area contributed by atoms with Gasteiger partial charge in [-0.25, -0.2) is 0 Å². The van der Waals surface area contributed by atoms with Crippen molar-refractivity contribution in [2.45, 2.75) is 13.3 Å². The first-order valence-electron chi connectivity index (χ1n) is 6.37. The zero-order chi connectivity index (χ0) is 14.7. The number of nitrogens with zero attached hydrogens (tertiary/aromatic N) is 1. The second kappa shape index (κ2) is 6.26. The Balaban J connectivity index is 1.88. The number of benzene rings is 1. The van der Waals surface area contributed by atoms with Gasteiger partial charge in [-0.3, -0.25) is 9.59 Å². The van der Waals surface area contributed by atoms with E-state index in [0.29, 0.717) is 18.7 Å². The number of carboxylic acid groups (broad SMARTS) is 1. The Kier molecular flexibility index (Phi) is 4.65. The highest BCUT2D eigenvalue weighted by atomic mass is 79.9. The van der Waals surface area contributed by atoms with Crippen molar-refractivity contribution in [1.82, 2.24) is 4.90 Å². The van der Waals surface area contributed by atoms with Crippen molar-refractivity contribution in [3.63, 3.8) is 0 Å². The fourth-order valence-corrected chi connectivity index (χ4v) is 2.75. The molecule has 0 radical (unpaired) electrons. The van der Waals surface area contributed by atoms with Gasteiger partial charge in [0.15, 0.2) is 6.61 Å². The minimum absolute atomic E-state index is 0.0754. The monoisotopic (exact) mass is 341 g/mol. The van der Waals surface area contributed by atoms with Gasteiger partial charge in [0.1, 0.15) is 5.75 Å². The summed E-state index contributed by atoms with van der Waals surface area (Å²) in [4.78, 5) is 24.4. The summed E-state index contributed by atoms with van der Waals surface area (Å²) < 4.78 is 6.28. The third-order valence-electron chi connectivity index (χ3n) is 3.33. The Bertz CT molecular complexity index is 532. The molecule has 5 nitrogen and oxygen atoms in total. The minimum Gasteiger partial charge on any atom is -0.483 e. The van der Waals surface area contributed by atoms with Gasteiger partial charge in [0, 0.05) is 13.1 Å². The van der Waals surface area contributed by atoms with Gasteiger partial charge >= 0.3 is 5.97 Å². The Morgan fingerprint density at radius 2 is 2.25 bits per heavy atom. The number of hydrogen-bond acceptors (Lipinski definition) is 3. The molecule has 1 saturated heterocycles. The second-order valence-corrected chi connectivity index (χ2v) is 5.74. The molecule has 108 valence electrons. The maximum atomic E-state index is 12.0. The van der Waals surface area contributed by atoms with Gasteiger partial charge in [0.25, 0.3) is 5.91 Å². The van der Waals surface area contributed by atoms with Crippen LogP contribution in [0.2, 0.25) is 0 Å². The lowest BCUT2D eigenvalue weighted by Crippen LogP contribution is -2.33. The summed E-state index contributed by atoms with van der Waals surface area (Å²) in [5.74, 6) is -0.869. The highest BCUT2D eigenvalue weighted by Crippen LogP contribution is 2.26. The molecular formula is C14H16BrNO4. The number of hydrogen-bond donors (Lipinski definition) is 1. The van der Waals surface area contributed by atoms with Crippen molar-refractivity contribution in [3.8, 4) is 5.75 Å². The van der Waals surface area contributed by atoms with Crippen LogP contribution in [0, 0.1) is 12.8 Å². The van der Waals surface area contributed by atoms with Crippen molar-refractivity contribution in [2.24, 2.45) is 5.92 Å². The molecular weight excluding hydrogens is 326 g/mol. The maximum absolute atomic E-state index is 12.0. The SMILES string of the molecule is Cc1ccc(OCC(=O)N2CCC(C(=O)O)C2)c(Br)c1. The van der Waals surface area contributed by atoms with E-state index in [1.807, 2.05) is 19.1 Å². The van der Waals surface area contributed by atoms with Crippen LogP contribution in [0.4, 0.5) is 0 Å². The molecule has 1 fully saturated rings. The number of aliphatic carboxylic acids is 1. The fraction of sp³-hybridized carbons (Fsp3) is 0.429. The van der Waals surface area contributed by atoms with Gasteiger partial charge in [-0.05, 0) is 47.0 Å². The van der Waals surface area contributed by atoms with Crippen LogP contribution in [0.1, 0.15) is 12.0 Å². The van der Waals surface area contributed by atoms with Gasteiger partial charge in [0.05, 0.1) is 10.4 Å². The Hall–Kier alpha value is -1.56. The van der Waals surface area contributed by atoms with Crippen LogP contribution in [0.15, 0.2) is 22.7 Å². The predicted molar refractivity (Wildman–Crippen MR) is 76.7 cm³/mol. The molecule has 6 heteroatoms. The maximum Gasteiger partial charge on any atom is 0.308 e. The van der Waals surface area contributed by atoms with Crippen LogP contribution in [-0.4, -0.2) is 41.6 Å². The molecule has 1 aromatic carbocycles. The van der Waals surface area contributed by atoms with Crippen LogP contribution in [-0.2, 0) is 9.59 Å². The van der Waals surface area contributed by atoms with Crippen molar-refractivity contribution in [3.05, 3.63) is 28.2 Å². The van der Waals surface area contributed by atoms with Crippen LogP contribution in [0.5, 0.6) is 5.75 Å². The van der Waals surface area contributed by atoms with Crippen molar-refractivity contribution < 1.29 is 19.4 Å². The molecule has 20 heavy (non-hydrogen) atoms. The van der Waals surface area contributed by atoms with E-state index in [9.17, 15) is 9.59 Å². The Morgan fingerprint density at radius 3 is 2.85 bits per heavy atom. The normalized spacial score (nSPS) is 18.1. The van der Waals surface area contributed by atoms with E-state index < -0.39 is 11.9 Å². The molecule has 1 N–H and O–H groups in total. The molecule has 0 aromatic heterocycles. The highest BCUT2D eigenvalue weighted by Gasteiger charge is 2.30. The number of amides is 1. The first-order chi connectivity index (χ1) is 9.47. The lowest BCUT2D eigenvalue weighted by molar-refractivity contribution is -0.141.